The maximum atomic E-state index is 12.7. The van der Waals surface area contributed by atoms with E-state index >= 15 is 0 Å². The molecule has 0 spiro atoms. The lowest BCUT2D eigenvalue weighted by Gasteiger charge is -2.11. The number of carbonyl (C=O) groups is 2. The van der Waals surface area contributed by atoms with Crippen LogP contribution in [0.4, 0.5) is 18.9 Å². The predicted molar refractivity (Wildman–Crippen MR) is 95.0 cm³/mol. The Balaban J connectivity index is 2.06. The number of sulfonamides is 1. The number of nitrogens with one attached hydrogen (secondary N) is 2. The van der Waals surface area contributed by atoms with Gasteiger partial charge in [-0.2, -0.15) is 13.2 Å². The van der Waals surface area contributed by atoms with Crippen LogP contribution in [0.2, 0.25) is 0 Å². The average molecular weight is 415 g/mol. The number of hydrogen-bond donors (Lipinski definition) is 3. The Morgan fingerprint density at radius 3 is 2.36 bits per heavy atom. The van der Waals surface area contributed by atoms with Crippen LogP contribution in [-0.2, 0) is 21.0 Å². The molecule has 2 amide bonds. The molecule has 0 atom stereocenters. The van der Waals surface area contributed by atoms with E-state index in [9.17, 15) is 31.2 Å². The molecule has 0 saturated carbocycles. The van der Waals surface area contributed by atoms with Gasteiger partial charge in [-0.05, 0) is 48.9 Å². The predicted octanol–water partition coefficient (Wildman–Crippen LogP) is 2.03. The second-order valence-corrected chi connectivity index (χ2v) is 7.56. The van der Waals surface area contributed by atoms with Crippen molar-refractivity contribution in [2.24, 2.45) is 5.73 Å². The number of aryl methyl sites for hydroxylation is 1. The van der Waals surface area contributed by atoms with E-state index in [0.29, 0.717) is 17.3 Å². The number of anilines is 1. The van der Waals surface area contributed by atoms with Gasteiger partial charge in [-0.15, -0.1) is 0 Å². The molecule has 150 valence electrons. The first-order chi connectivity index (χ1) is 12.9. The van der Waals surface area contributed by atoms with Crippen molar-refractivity contribution in [3.8, 4) is 0 Å². The van der Waals surface area contributed by atoms with E-state index in [-0.39, 0.29) is 5.56 Å². The standard InChI is InChI=1S/C17H16F3N3O4S/c1-10-7-12(5-6-14(10)16(21)25)23-15(24)9-22-28(26,27)13-4-2-3-11(8-13)17(18,19)20/h2-8,22H,9H2,1H3,(H2,21,25)(H,23,24). The number of hydrogen-bond acceptors (Lipinski definition) is 4. The number of rotatable bonds is 6. The van der Waals surface area contributed by atoms with Crippen molar-refractivity contribution in [3.63, 3.8) is 0 Å². The van der Waals surface area contributed by atoms with Crippen molar-refractivity contribution in [1.82, 2.24) is 4.72 Å². The molecular formula is C17H16F3N3O4S. The Kier molecular flexibility index (Phi) is 6.10. The van der Waals surface area contributed by atoms with Crippen molar-refractivity contribution < 1.29 is 31.2 Å². The third-order valence-electron chi connectivity index (χ3n) is 3.67. The highest BCUT2D eigenvalue weighted by Crippen LogP contribution is 2.30. The smallest absolute Gasteiger partial charge is 0.366 e. The molecule has 2 rings (SSSR count). The summed E-state index contributed by atoms with van der Waals surface area (Å²) in [5.74, 6) is -1.38. The maximum absolute atomic E-state index is 12.7. The zero-order chi connectivity index (χ0) is 21.1. The van der Waals surface area contributed by atoms with Gasteiger partial charge in [-0.25, -0.2) is 13.1 Å². The van der Waals surface area contributed by atoms with Crippen molar-refractivity contribution in [3.05, 3.63) is 59.2 Å². The minimum absolute atomic E-state index is 0.267. The third-order valence-corrected chi connectivity index (χ3v) is 5.07. The number of alkyl halides is 3. The van der Waals surface area contributed by atoms with E-state index in [4.69, 9.17) is 5.73 Å². The number of halogens is 3. The molecule has 11 heteroatoms. The van der Waals surface area contributed by atoms with Gasteiger partial charge in [-0.3, -0.25) is 9.59 Å². The van der Waals surface area contributed by atoms with Crippen molar-refractivity contribution in [1.29, 1.82) is 0 Å². The van der Waals surface area contributed by atoms with E-state index in [1.165, 1.54) is 18.2 Å². The van der Waals surface area contributed by atoms with Crippen molar-refractivity contribution in [2.75, 3.05) is 11.9 Å². The number of amides is 2. The van der Waals surface area contributed by atoms with Gasteiger partial charge in [-0.1, -0.05) is 6.07 Å². The third kappa shape index (κ3) is 5.30. The molecule has 0 heterocycles. The molecule has 0 aliphatic carbocycles. The number of benzene rings is 2. The van der Waals surface area contributed by atoms with E-state index in [1.54, 1.807) is 6.92 Å². The van der Waals surface area contributed by atoms with Gasteiger partial charge in [0.1, 0.15) is 0 Å². The molecule has 0 aliphatic rings. The zero-order valence-corrected chi connectivity index (χ0v) is 15.3. The van der Waals surface area contributed by atoms with E-state index in [1.807, 2.05) is 4.72 Å². The molecule has 0 radical (unpaired) electrons. The van der Waals surface area contributed by atoms with Gasteiger partial charge >= 0.3 is 6.18 Å². The lowest BCUT2D eigenvalue weighted by molar-refractivity contribution is -0.137. The van der Waals surface area contributed by atoms with Gasteiger partial charge in [0.05, 0.1) is 17.0 Å². The Labute approximate surface area is 158 Å². The highest BCUT2D eigenvalue weighted by molar-refractivity contribution is 7.89. The Hall–Kier alpha value is -2.92. The Morgan fingerprint density at radius 2 is 1.79 bits per heavy atom. The molecule has 0 fully saturated rings. The largest absolute Gasteiger partial charge is 0.416 e. The molecule has 0 unspecified atom stereocenters. The molecule has 0 saturated heterocycles. The lowest BCUT2D eigenvalue weighted by atomic mass is 10.1. The van der Waals surface area contributed by atoms with Crippen LogP contribution in [0.1, 0.15) is 21.5 Å². The first-order valence-corrected chi connectivity index (χ1v) is 9.26. The first-order valence-electron chi connectivity index (χ1n) is 7.77. The normalized spacial score (nSPS) is 11.9. The summed E-state index contributed by atoms with van der Waals surface area (Å²) in [5.41, 5.74) is 5.13. The highest BCUT2D eigenvalue weighted by atomic mass is 32.2. The molecular weight excluding hydrogens is 399 g/mol. The summed E-state index contributed by atoms with van der Waals surface area (Å²) in [4.78, 5) is 22.5. The minimum Gasteiger partial charge on any atom is -0.366 e. The molecule has 0 aromatic heterocycles. The van der Waals surface area contributed by atoms with Gasteiger partial charge in [0, 0.05) is 11.3 Å². The van der Waals surface area contributed by atoms with Crippen LogP contribution in [0.25, 0.3) is 0 Å². The van der Waals surface area contributed by atoms with Crippen LogP contribution in [0, 0.1) is 6.92 Å². The van der Waals surface area contributed by atoms with Crippen LogP contribution in [0.3, 0.4) is 0 Å². The van der Waals surface area contributed by atoms with Crippen molar-refractivity contribution >= 4 is 27.5 Å². The molecule has 4 N–H and O–H groups in total. The Bertz CT molecular complexity index is 1020. The lowest BCUT2D eigenvalue weighted by Crippen LogP contribution is -2.33. The van der Waals surface area contributed by atoms with E-state index < -0.39 is 45.0 Å². The molecule has 2 aromatic carbocycles. The molecule has 0 aliphatic heterocycles. The van der Waals surface area contributed by atoms with Gasteiger partial charge in [0.15, 0.2) is 0 Å². The Morgan fingerprint density at radius 1 is 1.11 bits per heavy atom. The van der Waals surface area contributed by atoms with Crippen LogP contribution in [0.5, 0.6) is 0 Å². The van der Waals surface area contributed by atoms with Crippen LogP contribution in [0.15, 0.2) is 47.4 Å². The second-order valence-electron chi connectivity index (χ2n) is 5.79. The second kappa shape index (κ2) is 7.98. The number of carbonyl (C=O) groups excluding carboxylic acids is 2. The van der Waals surface area contributed by atoms with Crippen LogP contribution >= 0.6 is 0 Å². The molecule has 7 nitrogen and oxygen atoms in total. The summed E-state index contributed by atoms with van der Waals surface area (Å²) in [6, 6.07) is 7.45. The average Bonchev–Trinajstić information content (AvgIpc) is 2.59. The van der Waals surface area contributed by atoms with Crippen LogP contribution < -0.4 is 15.8 Å². The minimum atomic E-state index is -4.70. The quantitative estimate of drug-likeness (QED) is 0.669. The molecule has 2 aromatic rings. The zero-order valence-electron chi connectivity index (χ0n) is 14.5. The first kappa shape index (κ1) is 21.4. The van der Waals surface area contributed by atoms with Crippen molar-refractivity contribution in [2.45, 2.75) is 18.0 Å². The SMILES string of the molecule is Cc1cc(NC(=O)CNS(=O)(=O)c2cccc(C(F)(F)F)c2)ccc1C(N)=O. The fourth-order valence-corrected chi connectivity index (χ4v) is 3.33. The maximum Gasteiger partial charge on any atom is 0.416 e. The van der Waals surface area contributed by atoms with Gasteiger partial charge in [0.2, 0.25) is 21.8 Å². The monoisotopic (exact) mass is 415 g/mol. The summed E-state index contributed by atoms with van der Waals surface area (Å²) in [6.07, 6.45) is -4.70. The summed E-state index contributed by atoms with van der Waals surface area (Å²) in [6.45, 7) is 0.904. The van der Waals surface area contributed by atoms with Gasteiger partial charge in [0.25, 0.3) is 0 Å². The van der Waals surface area contributed by atoms with Gasteiger partial charge < -0.3 is 11.1 Å². The summed E-state index contributed by atoms with van der Waals surface area (Å²) >= 11 is 0. The number of primary amides is 1. The summed E-state index contributed by atoms with van der Waals surface area (Å²) < 4.78 is 64.3. The highest BCUT2D eigenvalue weighted by Gasteiger charge is 2.31. The number of nitrogens with two attached hydrogens (primary N) is 1. The molecule has 0 bridgehead atoms. The fraction of sp³-hybridized carbons (Fsp3) is 0.176. The van der Waals surface area contributed by atoms with Crippen LogP contribution in [-0.4, -0.2) is 26.8 Å². The summed E-state index contributed by atoms with van der Waals surface area (Å²) in [5, 5.41) is 2.41. The summed E-state index contributed by atoms with van der Waals surface area (Å²) in [7, 11) is -4.33. The molecule has 28 heavy (non-hydrogen) atoms. The topological polar surface area (TPSA) is 118 Å². The fourth-order valence-electron chi connectivity index (χ4n) is 2.31. The van der Waals surface area contributed by atoms with E-state index in [0.717, 1.165) is 18.2 Å². The van der Waals surface area contributed by atoms with E-state index in [2.05, 4.69) is 5.32 Å².